The van der Waals surface area contributed by atoms with E-state index in [1.165, 1.54) is 11.9 Å². The number of aryl methyl sites for hydroxylation is 1. The first kappa shape index (κ1) is 22.6. The van der Waals surface area contributed by atoms with Gasteiger partial charge in [-0.05, 0) is 55.2 Å². The fourth-order valence-electron chi connectivity index (χ4n) is 4.86. The Bertz CT molecular complexity index is 1380. The van der Waals surface area contributed by atoms with Crippen LogP contribution in [0, 0.1) is 6.92 Å². The number of likely N-dealkylation sites (tertiary alicyclic amines) is 1. The lowest BCUT2D eigenvalue weighted by atomic mass is 10.0. The lowest BCUT2D eigenvalue weighted by Crippen LogP contribution is -2.49. The summed E-state index contributed by atoms with van der Waals surface area (Å²) in [4.78, 5) is 15.7. The van der Waals surface area contributed by atoms with Crippen molar-refractivity contribution < 1.29 is 9.13 Å². The third kappa shape index (κ3) is 4.42. The van der Waals surface area contributed by atoms with E-state index >= 15 is 0 Å². The molecule has 0 amide bonds. The van der Waals surface area contributed by atoms with Crippen LogP contribution in [0.3, 0.4) is 0 Å². The van der Waals surface area contributed by atoms with Crippen molar-refractivity contribution >= 4 is 23.5 Å². The molecule has 10 nitrogen and oxygen atoms in total. The van der Waals surface area contributed by atoms with Crippen LogP contribution in [0.1, 0.15) is 18.4 Å². The van der Waals surface area contributed by atoms with Crippen molar-refractivity contribution in [2.45, 2.75) is 32.0 Å². The van der Waals surface area contributed by atoms with Crippen molar-refractivity contribution in [2.24, 2.45) is 15.7 Å². The summed E-state index contributed by atoms with van der Waals surface area (Å²) in [6, 6.07) is 9.14. The van der Waals surface area contributed by atoms with E-state index in [0.717, 1.165) is 47.9 Å². The highest BCUT2D eigenvalue weighted by molar-refractivity contribution is 6.05. The van der Waals surface area contributed by atoms with Crippen LogP contribution in [-0.2, 0) is 0 Å². The molecular formula is C25H28FN9O. The molecule has 0 saturated carbocycles. The molecular weight excluding hydrogens is 461 g/mol. The molecule has 5 heterocycles. The highest BCUT2D eigenvalue weighted by Crippen LogP contribution is 2.31. The Hall–Kier alpha value is -3.83. The number of amidine groups is 1. The molecule has 11 heteroatoms. The predicted molar refractivity (Wildman–Crippen MR) is 135 cm³/mol. The molecule has 3 aliphatic heterocycles. The third-order valence-corrected chi connectivity index (χ3v) is 6.82. The number of nitrogens with one attached hydrogen (secondary N) is 1. The SMILES string of the molecule is Cc1cc(N=C2N=CNN3CCC(CN4CCC(N)[C@H](F)C4)=C23)ccc1Oc1ccn2ncnc2c1. The summed E-state index contributed by atoms with van der Waals surface area (Å²) in [6.45, 7) is 4.67. The standard InChI is InChI=1S/C25H28FN9O/c1-16-10-18(2-3-22(16)36-19-5-9-34-23(11-19)28-14-30-34)32-25-24-17(4-8-35(24)31-15-29-25)12-33-7-6-21(27)20(26)13-33/h2-3,5,9-11,14-15,20-21H,4,6-8,12-13,27H2,1H3,(H,29,31,32)/t20-,21?/m1/s1. The number of aromatic nitrogens is 3. The number of hydrazine groups is 1. The molecule has 0 aliphatic carbocycles. The van der Waals surface area contributed by atoms with Crippen LogP contribution in [0.25, 0.3) is 5.65 Å². The van der Waals surface area contributed by atoms with Gasteiger partial charge in [-0.15, -0.1) is 0 Å². The van der Waals surface area contributed by atoms with E-state index in [4.69, 9.17) is 15.5 Å². The second kappa shape index (κ2) is 9.32. The number of fused-ring (bicyclic) bond motifs is 2. The first-order valence-electron chi connectivity index (χ1n) is 12.1. The topological polar surface area (TPSA) is 109 Å². The minimum Gasteiger partial charge on any atom is -0.457 e. The Kier molecular flexibility index (Phi) is 5.86. The molecule has 0 radical (unpaired) electrons. The summed E-state index contributed by atoms with van der Waals surface area (Å²) in [5.41, 5.74) is 13.7. The summed E-state index contributed by atoms with van der Waals surface area (Å²) in [6.07, 6.45) is 5.55. The minimum absolute atomic E-state index is 0.363. The molecule has 186 valence electrons. The largest absolute Gasteiger partial charge is 0.457 e. The van der Waals surface area contributed by atoms with Crippen molar-refractivity contribution in [1.29, 1.82) is 0 Å². The maximum absolute atomic E-state index is 14.2. The van der Waals surface area contributed by atoms with E-state index in [1.807, 2.05) is 43.5 Å². The van der Waals surface area contributed by atoms with Crippen LogP contribution in [0.2, 0.25) is 0 Å². The summed E-state index contributed by atoms with van der Waals surface area (Å²) in [5.74, 6) is 2.08. The third-order valence-electron chi connectivity index (χ3n) is 6.82. The maximum atomic E-state index is 14.2. The number of aliphatic imine (C=N–C) groups is 2. The van der Waals surface area contributed by atoms with E-state index in [2.05, 4.69) is 30.4 Å². The summed E-state index contributed by atoms with van der Waals surface area (Å²) < 4.78 is 22.0. The van der Waals surface area contributed by atoms with Gasteiger partial charge in [-0.2, -0.15) is 5.10 Å². The zero-order chi connectivity index (χ0) is 24.6. The predicted octanol–water partition coefficient (Wildman–Crippen LogP) is 2.74. The molecule has 1 saturated heterocycles. The Morgan fingerprint density at radius 1 is 1.25 bits per heavy atom. The molecule has 0 bridgehead atoms. The van der Waals surface area contributed by atoms with Crippen molar-refractivity contribution in [3.63, 3.8) is 0 Å². The van der Waals surface area contributed by atoms with Gasteiger partial charge in [0.05, 0.1) is 5.69 Å². The number of alkyl halides is 1. The molecule has 1 fully saturated rings. The number of pyridine rings is 1. The van der Waals surface area contributed by atoms with Gasteiger partial charge in [0.2, 0.25) is 0 Å². The van der Waals surface area contributed by atoms with Gasteiger partial charge >= 0.3 is 0 Å². The lowest BCUT2D eigenvalue weighted by molar-refractivity contribution is 0.127. The number of nitrogens with zero attached hydrogens (tertiary/aromatic N) is 7. The number of hydrogen-bond donors (Lipinski definition) is 2. The van der Waals surface area contributed by atoms with Crippen molar-refractivity contribution in [3.05, 3.63) is 59.7 Å². The van der Waals surface area contributed by atoms with Crippen molar-refractivity contribution in [2.75, 3.05) is 26.2 Å². The van der Waals surface area contributed by atoms with Gasteiger partial charge in [0.15, 0.2) is 11.5 Å². The number of halogens is 1. The van der Waals surface area contributed by atoms with Crippen LogP contribution in [0.4, 0.5) is 10.1 Å². The second-order valence-corrected chi connectivity index (χ2v) is 9.36. The molecule has 36 heavy (non-hydrogen) atoms. The lowest BCUT2D eigenvalue weighted by Gasteiger charge is -2.33. The Morgan fingerprint density at radius 3 is 3.03 bits per heavy atom. The van der Waals surface area contributed by atoms with E-state index in [0.29, 0.717) is 31.1 Å². The fraction of sp³-hybridized carbons (Fsp3) is 0.360. The van der Waals surface area contributed by atoms with E-state index < -0.39 is 6.17 Å². The van der Waals surface area contributed by atoms with Crippen LogP contribution >= 0.6 is 0 Å². The Morgan fingerprint density at radius 2 is 2.17 bits per heavy atom. The van der Waals surface area contributed by atoms with Crippen LogP contribution in [-0.4, -0.2) is 75.1 Å². The molecule has 3 N–H and O–H groups in total. The van der Waals surface area contributed by atoms with Gasteiger partial charge in [-0.3, -0.25) is 15.3 Å². The highest BCUT2D eigenvalue weighted by atomic mass is 19.1. The Balaban J connectivity index is 1.23. The molecule has 6 rings (SSSR count). The van der Waals surface area contributed by atoms with Gasteiger partial charge in [0.25, 0.3) is 0 Å². The molecule has 2 atom stereocenters. The van der Waals surface area contributed by atoms with E-state index in [-0.39, 0.29) is 6.04 Å². The van der Waals surface area contributed by atoms with E-state index in [9.17, 15) is 4.39 Å². The van der Waals surface area contributed by atoms with Gasteiger partial charge in [-0.25, -0.2) is 23.9 Å². The monoisotopic (exact) mass is 489 g/mol. The number of ether oxygens (including phenoxy) is 1. The fourth-order valence-corrected chi connectivity index (χ4v) is 4.86. The quantitative estimate of drug-likeness (QED) is 0.567. The minimum atomic E-state index is -0.987. The maximum Gasteiger partial charge on any atom is 0.179 e. The zero-order valence-corrected chi connectivity index (χ0v) is 20.0. The first-order chi connectivity index (χ1) is 17.5. The van der Waals surface area contributed by atoms with Gasteiger partial charge in [-0.1, -0.05) is 0 Å². The van der Waals surface area contributed by atoms with Crippen molar-refractivity contribution in [3.8, 4) is 11.5 Å². The van der Waals surface area contributed by atoms with Crippen LogP contribution < -0.4 is 15.9 Å². The van der Waals surface area contributed by atoms with E-state index in [1.54, 1.807) is 10.9 Å². The number of nitrogens with two attached hydrogens (primary N) is 1. The number of benzene rings is 1. The molecule has 3 aliphatic rings. The number of piperidine rings is 1. The molecule has 3 aromatic rings. The molecule has 1 aromatic carbocycles. The first-order valence-corrected chi connectivity index (χ1v) is 12.1. The van der Waals surface area contributed by atoms with Crippen molar-refractivity contribution in [1.82, 2.24) is 29.9 Å². The number of hydrogen-bond acceptors (Lipinski definition) is 8. The van der Waals surface area contributed by atoms with Gasteiger partial charge in [0.1, 0.15) is 36.0 Å². The highest BCUT2D eigenvalue weighted by Gasteiger charge is 2.32. The molecule has 1 unspecified atom stereocenters. The summed E-state index contributed by atoms with van der Waals surface area (Å²) in [7, 11) is 0. The van der Waals surface area contributed by atoms with Gasteiger partial charge < -0.3 is 10.5 Å². The molecule has 2 aromatic heterocycles. The Labute approximate surface area is 208 Å². The second-order valence-electron chi connectivity index (χ2n) is 9.36. The van der Waals surface area contributed by atoms with Gasteiger partial charge in [0, 0.05) is 44.5 Å². The zero-order valence-electron chi connectivity index (χ0n) is 20.0. The molecule has 0 spiro atoms. The summed E-state index contributed by atoms with van der Waals surface area (Å²) >= 11 is 0. The summed E-state index contributed by atoms with van der Waals surface area (Å²) in [5, 5.41) is 6.17. The average Bonchev–Trinajstić information content (AvgIpc) is 3.50. The average molecular weight is 490 g/mol. The van der Waals surface area contributed by atoms with Crippen LogP contribution in [0.15, 0.2) is 64.1 Å². The normalized spacial score (nSPS) is 23.4. The number of rotatable bonds is 5. The van der Waals surface area contributed by atoms with Crippen LogP contribution in [0.5, 0.6) is 11.5 Å². The smallest absolute Gasteiger partial charge is 0.179 e.